The van der Waals surface area contributed by atoms with Gasteiger partial charge in [-0.25, -0.2) is 8.91 Å². The summed E-state index contributed by atoms with van der Waals surface area (Å²) >= 11 is 0. The minimum atomic E-state index is -0.524. The van der Waals surface area contributed by atoms with Gasteiger partial charge in [-0.2, -0.15) is 5.10 Å². The van der Waals surface area contributed by atoms with Crippen LogP contribution in [0.3, 0.4) is 0 Å². The molecule has 6 nitrogen and oxygen atoms in total. The Balaban J connectivity index is 1.80. The van der Waals surface area contributed by atoms with E-state index in [4.69, 9.17) is 5.73 Å². The second kappa shape index (κ2) is 7.09. The largest absolute Gasteiger partial charge is 0.379 e. The maximum Gasteiger partial charge on any atom is 0.252 e. The fourth-order valence-electron chi connectivity index (χ4n) is 4.57. The molecule has 2 heterocycles. The van der Waals surface area contributed by atoms with Gasteiger partial charge in [0, 0.05) is 28.8 Å². The number of fused-ring (bicyclic) bond motifs is 1. The number of hydrogen-bond donors (Lipinski definition) is 3. The highest BCUT2D eigenvalue weighted by molar-refractivity contribution is 6.02. The Labute approximate surface area is 175 Å². The first kappa shape index (κ1) is 20.3. The van der Waals surface area contributed by atoms with E-state index in [0.717, 1.165) is 29.5 Å². The summed E-state index contributed by atoms with van der Waals surface area (Å²) in [6.45, 7) is 6.70. The second-order valence-corrected chi connectivity index (χ2v) is 8.90. The van der Waals surface area contributed by atoms with Crippen molar-refractivity contribution in [2.75, 3.05) is 12.4 Å². The number of primary amides is 1. The summed E-state index contributed by atoms with van der Waals surface area (Å²) < 4.78 is 15.0. The molecule has 2 atom stereocenters. The van der Waals surface area contributed by atoms with Crippen LogP contribution in [0.15, 0.2) is 42.7 Å². The number of carbonyl (C=O) groups is 1. The quantitative estimate of drug-likeness (QED) is 0.598. The fourth-order valence-corrected chi connectivity index (χ4v) is 4.57. The molecule has 1 fully saturated rings. The van der Waals surface area contributed by atoms with E-state index in [2.05, 4.69) is 36.5 Å². The molecular weight excluding hydrogens is 381 g/mol. The Morgan fingerprint density at radius 1 is 1.23 bits per heavy atom. The number of hydrogen-bond acceptors (Lipinski definition) is 4. The number of halogens is 1. The van der Waals surface area contributed by atoms with Crippen LogP contribution in [-0.2, 0) is 0 Å². The van der Waals surface area contributed by atoms with Crippen LogP contribution < -0.4 is 16.4 Å². The highest BCUT2D eigenvalue weighted by Gasteiger charge is 2.51. The van der Waals surface area contributed by atoms with E-state index in [0.29, 0.717) is 11.3 Å². The maximum atomic E-state index is 13.3. The molecule has 1 aromatic carbocycles. The number of rotatable bonds is 5. The van der Waals surface area contributed by atoms with Crippen LogP contribution in [0.5, 0.6) is 0 Å². The van der Waals surface area contributed by atoms with Crippen LogP contribution in [0.1, 0.15) is 44.0 Å². The number of nitrogens with two attached hydrogens (primary N) is 1. The Hall–Kier alpha value is -2.93. The number of carbonyl (C=O) groups excluding carboxylic acids is 1. The number of nitrogens with zero attached hydrogens (tertiary/aromatic N) is 2. The Morgan fingerprint density at radius 3 is 2.53 bits per heavy atom. The van der Waals surface area contributed by atoms with Crippen LogP contribution in [0.4, 0.5) is 10.1 Å². The topological polar surface area (TPSA) is 84.5 Å². The first-order valence-electron chi connectivity index (χ1n) is 10.2. The molecule has 158 valence electrons. The van der Waals surface area contributed by atoms with Crippen LogP contribution in [0.2, 0.25) is 0 Å². The molecule has 0 aliphatic heterocycles. The molecule has 1 amide bonds. The molecule has 0 radical (unpaired) electrons. The smallest absolute Gasteiger partial charge is 0.252 e. The number of nitrogens with one attached hydrogen (secondary N) is 2. The van der Waals surface area contributed by atoms with Gasteiger partial charge in [0.15, 0.2) is 0 Å². The minimum absolute atomic E-state index is 0.0257. The molecule has 4 rings (SSSR count). The van der Waals surface area contributed by atoms with Gasteiger partial charge in [-0.1, -0.05) is 26.0 Å². The number of benzene rings is 1. The molecular formula is C23H28FN5O. The molecule has 2 aromatic heterocycles. The third-order valence-corrected chi connectivity index (χ3v) is 7.18. The van der Waals surface area contributed by atoms with Crippen molar-refractivity contribution in [3.8, 4) is 11.1 Å². The lowest BCUT2D eigenvalue weighted by atomic mass is 9.74. The third-order valence-electron chi connectivity index (χ3n) is 7.18. The van der Waals surface area contributed by atoms with Gasteiger partial charge in [-0.15, -0.1) is 0 Å². The van der Waals surface area contributed by atoms with Crippen molar-refractivity contribution >= 4 is 17.1 Å². The van der Waals surface area contributed by atoms with E-state index in [1.165, 1.54) is 18.3 Å². The molecule has 30 heavy (non-hydrogen) atoms. The van der Waals surface area contributed by atoms with Crippen LogP contribution >= 0.6 is 0 Å². The molecule has 0 saturated heterocycles. The molecule has 0 spiro atoms. The summed E-state index contributed by atoms with van der Waals surface area (Å²) in [4.78, 5) is 12.2. The molecule has 1 unspecified atom stereocenters. The van der Waals surface area contributed by atoms with Crippen molar-refractivity contribution in [3.05, 3.63) is 54.1 Å². The molecule has 7 heteroatoms. The summed E-state index contributed by atoms with van der Waals surface area (Å²) in [5.41, 5.74) is 9.16. The van der Waals surface area contributed by atoms with E-state index in [1.54, 1.807) is 16.6 Å². The predicted molar refractivity (Wildman–Crippen MR) is 117 cm³/mol. The zero-order chi connectivity index (χ0) is 21.7. The van der Waals surface area contributed by atoms with Gasteiger partial charge >= 0.3 is 0 Å². The van der Waals surface area contributed by atoms with Gasteiger partial charge < -0.3 is 16.4 Å². The molecule has 1 aliphatic rings. The first-order chi connectivity index (χ1) is 14.2. The van der Waals surface area contributed by atoms with E-state index in [-0.39, 0.29) is 22.8 Å². The average Bonchev–Trinajstić information content (AvgIpc) is 3.23. The summed E-state index contributed by atoms with van der Waals surface area (Å²) in [6, 6.07) is 8.41. The Bertz CT molecular complexity index is 1100. The van der Waals surface area contributed by atoms with Crippen molar-refractivity contribution in [1.29, 1.82) is 0 Å². The van der Waals surface area contributed by atoms with E-state index < -0.39 is 5.91 Å². The lowest BCUT2D eigenvalue weighted by Crippen LogP contribution is -2.53. The molecule has 1 saturated carbocycles. The van der Waals surface area contributed by atoms with Crippen molar-refractivity contribution in [2.45, 2.75) is 45.2 Å². The van der Waals surface area contributed by atoms with Gasteiger partial charge in [-0.05, 0) is 50.6 Å². The summed E-state index contributed by atoms with van der Waals surface area (Å²) in [7, 11) is 1.99. The van der Waals surface area contributed by atoms with Crippen LogP contribution in [0.25, 0.3) is 16.6 Å². The molecule has 1 aliphatic carbocycles. The zero-order valence-corrected chi connectivity index (χ0v) is 17.8. The average molecular weight is 410 g/mol. The van der Waals surface area contributed by atoms with Gasteiger partial charge in [0.25, 0.3) is 5.91 Å². The maximum absolute atomic E-state index is 13.3. The van der Waals surface area contributed by atoms with Crippen LogP contribution in [-0.4, -0.2) is 34.1 Å². The fraction of sp³-hybridized carbons (Fsp3) is 0.391. The number of amides is 1. The van der Waals surface area contributed by atoms with Gasteiger partial charge in [-0.3, -0.25) is 4.79 Å². The minimum Gasteiger partial charge on any atom is -0.379 e. The standard InChI is InChI=1S/C23H28FN5O/c1-22(2)19(9-10-23(22,3)26-4)28-20-17(21(25)30)12-27-29-13-15(11-18(20)29)14-5-7-16(24)8-6-14/h5-8,11-13,19,26,28H,9-10H2,1-4H3,(H2,25,30)/t19-,23?/m1/s1. The van der Waals surface area contributed by atoms with Gasteiger partial charge in [0.2, 0.25) is 0 Å². The number of aromatic nitrogens is 2. The summed E-state index contributed by atoms with van der Waals surface area (Å²) in [6.07, 6.45) is 5.35. The van der Waals surface area contributed by atoms with Gasteiger partial charge in [0.05, 0.1) is 23.0 Å². The lowest BCUT2D eigenvalue weighted by molar-refractivity contribution is 0.100. The zero-order valence-electron chi connectivity index (χ0n) is 17.8. The Morgan fingerprint density at radius 2 is 1.93 bits per heavy atom. The monoisotopic (exact) mass is 409 g/mol. The first-order valence-corrected chi connectivity index (χ1v) is 10.2. The highest BCUT2D eigenvalue weighted by atomic mass is 19.1. The second-order valence-electron chi connectivity index (χ2n) is 8.90. The van der Waals surface area contributed by atoms with Crippen molar-refractivity contribution in [1.82, 2.24) is 14.9 Å². The predicted octanol–water partition coefficient (Wildman–Crippen LogP) is 3.82. The van der Waals surface area contributed by atoms with E-state index in [9.17, 15) is 9.18 Å². The summed E-state index contributed by atoms with van der Waals surface area (Å²) in [5, 5.41) is 11.5. The van der Waals surface area contributed by atoms with Crippen molar-refractivity contribution < 1.29 is 9.18 Å². The molecule has 3 aromatic rings. The van der Waals surface area contributed by atoms with Crippen molar-refractivity contribution in [2.24, 2.45) is 11.1 Å². The molecule has 0 bridgehead atoms. The normalized spacial score (nSPS) is 23.0. The number of anilines is 1. The van der Waals surface area contributed by atoms with Crippen LogP contribution in [0, 0.1) is 11.2 Å². The van der Waals surface area contributed by atoms with Crippen molar-refractivity contribution in [3.63, 3.8) is 0 Å². The van der Waals surface area contributed by atoms with E-state index in [1.807, 2.05) is 19.3 Å². The molecule has 4 N–H and O–H groups in total. The highest BCUT2D eigenvalue weighted by Crippen LogP contribution is 2.47. The van der Waals surface area contributed by atoms with E-state index >= 15 is 0 Å². The third kappa shape index (κ3) is 3.13. The summed E-state index contributed by atoms with van der Waals surface area (Å²) in [5.74, 6) is -0.806. The Kier molecular flexibility index (Phi) is 4.81. The lowest BCUT2D eigenvalue weighted by Gasteiger charge is -2.42. The van der Waals surface area contributed by atoms with Gasteiger partial charge in [0.1, 0.15) is 5.82 Å². The SMILES string of the molecule is CNC1(C)CC[C@@H](Nc2c(C(N)=O)cnn3cc(-c4ccc(F)cc4)cc23)C1(C)C.